The Morgan fingerprint density at radius 1 is 1.05 bits per heavy atom. The fourth-order valence-electron chi connectivity index (χ4n) is 2.18. The Bertz CT molecular complexity index is 700. The highest BCUT2D eigenvalue weighted by Crippen LogP contribution is 2.20. The van der Waals surface area contributed by atoms with Crippen molar-refractivity contribution < 1.29 is 17.6 Å². The number of rotatable bonds is 1. The molecule has 1 heterocycles. The normalized spacial score (nSPS) is 10.7. The SMILES string of the molecule is Cc1cc(C)c(S(=O)(=O)[O-])c(C)c1.Cc1ccc[n+](N)c1. The average Bonchev–Trinajstić information content (AvgIpc) is 2.25. The van der Waals surface area contributed by atoms with Gasteiger partial charge in [0.25, 0.3) is 0 Å². The molecular formula is C15H20N2O3S. The molecule has 2 rings (SSSR count). The third kappa shape index (κ3) is 5.17. The molecule has 114 valence electrons. The molecule has 0 saturated heterocycles. The zero-order valence-corrected chi connectivity index (χ0v) is 13.4. The van der Waals surface area contributed by atoms with Crippen LogP contribution in [0.5, 0.6) is 0 Å². The smallest absolute Gasteiger partial charge is 0.202 e. The van der Waals surface area contributed by atoms with Gasteiger partial charge in [-0.3, -0.25) is 0 Å². The van der Waals surface area contributed by atoms with Gasteiger partial charge in [-0.1, -0.05) is 22.4 Å². The van der Waals surface area contributed by atoms with Gasteiger partial charge >= 0.3 is 0 Å². The monoisotopic (exact) mass is 308 g/mol. The summed E-state index contributed by atoms with van der Waals surface area (Å²) in [6.45, 7) is 7.13. The third-order valence-corrected chi connectivity index (χ3v) is 3.97. The molecule has 0 bridgehead atoms. The van der Waals surface area contributed by atoms with Gasteiger partial charge in [0.15, 0.2) is 6.20 Å². The molecule has 21 heavy (non-hydrogen) atoms. The first-order chi connectivity index (χ1) is 9.61. The van der Waals surface area contributed by atoms with Crippen LogP contribution in [0.2, 0.25) is 0 Å². The van der Waals surface area contributed by atoms with E-state index in [4.69, 9.17) is 5.84 Å². The minimum absolute atomic E-state index is 0.0851. The lowest BCUT2D eigenvalue weighted by molar-refractivity contribution is -0.639. The van der Waals surface area contributed by atoms with Gasteiger partial charge < -0.3 is 4.55 Å². The molecule has 1 aromatic heterocycles. The van der Waals surface area contributed by atoms with Crippen LogP contribution < -0.4 is 10.5 Å². The van der Waals surface area contributed by atoms with Crippen molar-refractivity contribution in [3.8, 4) is 0 Å². The Kier molecular flexibility index (Phi) is 5.46. The highest BCUT2D eigenvalue weighted by Gasteiger charge is 2.09. The van der Waals surface area contributed by atoms with E-state index in [-0.39, 0.29) is 4.90 Å². The van der Waals surface area contributed by atoms with E-state index >= 15 is 0 Å². The number of nitrogens with two attached hydrogens (primary N) is 1. The summed E-state index contributed by atoms with van der Waals surface area (Å²) in [5.41, 5.74) is 3.18. The molecule has 0 aliphatic carbocycles. The zero-order chi connectivity index (χ0) is 16.2. The first-order valence-electron chi connectivity index (χ1n) is 6.38. The quantitative estimate of drug-likeness (QED) is 0.491. The summed E-state index contributed by atoms with van der Waals surface area (Å²) < 4.78 is 34.0. The highest BCUT2D eigenvalue weighted by atomic mass is 32.2. The summed E-state index contributed by atoms with van der Waals surface area (Å²) in [6, 6.07) is 7.30. The molecule has 0 atom stereocenters. The maximum absolute atomic E-state index is 10.8. The topological polar surface area (TPSA) is 87.1 Å². The lowest BCUT2D eigenvalue weighted by Crippen LogP contribution is -2.43. The van der Waals surface area contributed by atoms with Gasteiger partial charge in [-0.2, -0.15) is 0 Å². The second-order valence-corrected chi connectivity index (χ2v) is 6.33. The number of aryl methyl sites for hydroxylation is 4. The molecule has 2 aromatic rings. The predicted octanol–water partition coefficient (Wildman–Crippen LogP) is 1.51. The van der Waals surface area contributed by atoms with Gasteiger partial charge in [-0.25, -0.2) is 14.3 Å². The number of hydrogen-bond donors (Lipinski definition) is 1. The maximum Gasteiger partial charge on any atom is 0.202 e. The van der Waals surface area contributed by atoms with Crippen molar-refractivity contribution in [2.45, 2.75) is 32.6 Å². The molecule has 0 amide bonds. The fourth-order valence-corrected chi connectivity index (χ4v) is 3.08. The van der Waals surface area contributed by atoms with Crippen LogP contribution in [-0.4, -0.2) is 13.0 Å². The third-order valence-electron chi connectivity index (χ3n) is 2.82. The van der Waals surface area contributed by atoms with Crippen LogP contribution in [0.3, 0.4) is 0 Å². The molecule has 5 nitrogen and oxygen atoms in total. The molecule has 0 radical (unpaired) electrons. The predicted molar refractivity (Wildman–Crippen MR) is 80.1 cm³/mol. The van der Waals surface area contributed by atoms with Gasteiger partial charge in [0.2, 0.25) is 6.20 Å². The Morgan fingerprint density at radius 3 is 1.90 bits per heavy atom. The lowest BCUT2D eigenvalue weighted by Gasteiger charge is -2.14. The minimum Gasteiger partial charge on any atom is -0.744 e. The van der Waals surface area contributed by atoms with Gasteiger partial charge in [0.05, 0.1) is 4.90 Å². The van der Waals surface area contributed by atoms with Crippen LogP contribution in [0.1, 0.15) is 22.3 Å². The van der Waals surface area contributed by atoms with Crippen molar-refractivity contribution in [2.75, 3.05) is 5.84 Å². The maximum atomic E-state index is 10.8. The summed E-state index contributed by atoms with van der Waals surface area (Å²) in [5.74, 6) is 5.38. The van der Waals surface area contributed by atoms with E-state index in [9.17, 15) is 13.0 Å². The van der Waals surface area contributed by atoms with Crippen LogP contribution in [0.15, 0.2) is 41.6 Å². The van der Waals surface area contributed by atoms with Crippen molar-refractivity contribution in [3.63, 3.8) is 0 Å². The largest absolute Gasteiger partial charge is 0.744 e. The molecule has 0 aliphatic heterocycles. The van der Waals surface area contributed by atoms with E-state index in [1.54, 1.807) is 32.2 Å². The number of aromatic nitrogens is 1. The van der Waals surface area contributed by atoms with E-state index in [2.05, 4.69) is 0 Å². The van der Waals surface area contributed by atoms with E-state index in [1.165, 1.54) is 10.2 Å². The van der Waals surface area contributed by atoms with Gasteiger partial charge in [0, 0.05) is 11.6 Å². The van der Waals surface area contributed by atoms with Crippen molar-refractivity contribution in [3.05, 3.63) is 58.9 Å². The summed E-state index contributed by atoms with van der Waals surface area (Å²) in [5, 5.41) is 0. The Balaban J connectivity index is 0.000000235. The Hall–Kier alpha value is -1.92. The van der Waals surface area contributed by atoms with Gasteiger partial charge in [-0.05, 0) is 44.9 Å². The van der Waals surface area contributed by atoms with E-state index in [1.807, 2.05) is 32.2 Å². The summed E-state index contributed by atoms with van der Waals surface area (Å²) in [7, 11) is -4.33. The molecule has 0 aliphatic rings. The molecular weight excluding hydrogens is 288 g/mol. The van der Waals surface area contributed by atoms with Crippen molar-refractivity contribution in [1.29, 1.82) is 0 Å². The van der Waals surface area contributed by atoms with E-state index in [0.29, 0.717) is 11.1 Å². The molecule has 0 saturated carbocycles. The second-order valence-electron chi connectivity index (χ2n) is 5.01. The van der Waals surface area contributed by atoms with Crippen LogP contribution in [0, 0.1) is 27.7 Å². The number of nitrogen functional groups attached to an aromatic ring is 1. The molecule has 6 heteroatoms. The van der Waals surface area contributed by atoms with Crippen LogP contribution in [-0.2, 0) is 10.1 Å². The standard InChI is InChI=1S/C9H12O3S.C6H9N2/c1-6-4-7(2)9(8(3)5-6)13(10,11)12;1-6-3-2-4-8(7)5-6/h4-5H,1-3H3,(H,10,11,12);2-5H,7H2,1H3/q;+1/p-1. The molecule has 2 N–H and O–H groups in total. The lowest BCUT2D eigenvalue weighted by atomic mass is 10.1. The zero-order valence-electron chi connectivity index (χ0n) is 12.6. The Labute approximate surface area is 125 Å². The molecule has 0 fully saturated rings. The molecule has 0 spiro atoms. The summed E-state index contributed by atoms with van der Waals surface area (Å²) in [4.78, 5) is -0.0851. The fraction of sp³-hybridized carbons (Fsp3) is 0.267. The number of nitrogens with zero attached hydrogens (tertiary/aromatic N) is 1. The Morgan fingerprint density at radius 2 is 1.57 bits per heavy atom. The molecule has 1 aromatic carbocycles. The first kappa shape index (κ1) is 17.1. The molecule has 0 unspecified atom stereocenters. The summed E-state index contributed by atoms with van der Waals surface area (Å²) in [6.07, 6.45) is 3.66. The van der Waals surface area contributed by atoms with Crippen molar-refractivity contribution in [1.82, 2.24) is 0 Å². The number of benzene rings is 1. The first-order valence-corrected chi connectivity index (χ1v) is 7.79. The second kappa shape index (κ2) is 6.69. The highest BCUT2D eigenvalue weighted by molar-refractivity contribution is 7.85. The van der Waals surface area contributed by atoms with Gasteiger partial charge in [-0.15, -0.1) is 0 Å². The van der Waals surface area contributed by atoms with E-state index < -0.39 is 10.1 Å². The van der Waals surface area contributed by atoms with Crippen molar-refractivity contribution >= 4 is 10.1 Å². The van der Waals surface area contributed by atoms with Crippen LogP contribution in [0.4, 0.5) is 0 Å². The number of hydrogen-bond acceptors (Lipinski definition) is 4. The van der Waals surface area contributed by atoms with Crippen LogP contribution >= 0.6 is 0 Å². The van der Waals surface area contributed by atoms with E-state index in [0.717, 1.165) is 5.56 Å². The minimum atomic E-state index is -4.33. The van der Waals surface area contributed by atoms with Crippen LogP contribution in [0.25, 0.3) is 0 Å². The number of pyridine rings is 1. The van der Waals surface area contributed by atoms with Crippen molar-refractivity contribution in [2.24, 2.45) is 0 Å². The van der Waals surface area contributed by atoms with Gasteiger partial charge in [0.1, 0.15) is 10.1 Å². The summed E-state index contributed by atoms with van der Waals surface area (Å²) >= 11 is 0. The average molecular weight is 308 g/mol.